The SMILES string of the molecule is CCCCn1/c(=N/C(=O)c2cc(C(F)(F)F)ccc2CCC(C)(C)O)cc(C(C)(C)C)n1C. The number of benzene rings is 1. The number of carbonyl (C=O) groups excluding carboxylic acids is 1. The van der Waals surface area contributed by atoms with E-state index in [2.05, 4.69) is 32.7 Å². The van der Waals surface area contributed by atoms with Crippen molar-refractivity contribution in [1.29, 1.82) is 0 Å². The van der Waals surface area contributed by atoms with Crippen LogP contribution in [0.1, 0.15) is 88.0 Å². The second-order valence-corrected chi connectivity index (χ2v) is 10.2. The van der Waals surface area contributed by atoms with E-state index in [1.54, 1.807) is 13.8 Å². The Balaban J connectivity index is 2.64. The fraction of sp³-hybridized carbons (Fsp3) is 0.600. The first kappa shape index (κ1) is 26.9. The molecule has 33 heavy (non-hydrogen) atoms. The molecule has 1 aromatic heterocycles. The minimum Gasteiger partial charge on any atom is -0.390 e. The zero-order valence-electron chi connectivity index (χ0n) is 20.7. The lowest BCUT2D eigenvalue weighted by atomic mass is 9.92. The summed E-state index contributed by atoms with van der Waals surface area (Å²) < 4.78 is 44.0. The molecule has 0 aliphatic rings. The number of aliphatic hydroxyl groups is 1. The van der Waals surface area contributed by atoms with E-state index >= 15 is 0 Å². The average Bonchev–Trinajstić information content (AvgIpc) is 2.98. The van der Waals surface area contributed by atoms with Crippen LogP contribution in [-0.2, 0) is 31.6 Å². The maximum Gasteiger partial charge on any atom is 0.416 e. The van der Waals surface area contributed by atoms with Gasteiger partial charge < -0.3 is 5.11 Å². The van der Waals surface area contributed by atoms with Crippen molar-refractivity contribution in [2.24, 2.45) is 12.0 Å². The van der Waals surface area contributed by atoms with Crippen molar-refractivity contribution >= 4 is 5.91 Å². The fourth-order valence-corrected chi connectivity index (χ4v) is 3.71. The summed E-state index contributed by atoms with van der Waals surface area (Å²) in [5.41, 5.74) is -0.361. The number of alkyl halides is 3. The summed E-state index contributed by atoms with van der Waals surface area (Å²) in [5.74, 6) is -0.719. The first-order valence-electron chi connectivity index (χ1n) is 11.3. The number of amides is 1. The van der Waals surface area contributed by atoms with Crippen LogP contribution in [-0.4, -0.2) is 26.0 Å². The number of halogens is 3. The van der Waals surface area contributed by atoms with Crippen LogP contribution in [0.2, 0.25) is 0 Å². The van der Waals surface area contributed by atoms with Crippen molar-refractivity contribution in [1.82, 2.24) is 9.36 Å². The van der Waals surface area contributed by atoms with E-state index in [4.69, 9.17) is 0 Å². The number of aromatic nitrogens is 2. The Kier molecular flexibility index (Phi) is 8.05. The number of hydrogen-bond acceptors (Lipinski definition) is 2. The van der Waals surface area contributed by atoms with Crippen molar-refractivity contribution in [3.8, 4) is 0 Å². The molecule has 184 valence electrons. The quantitative estimate of drug-likeness (QED) is 0.594. The molecular formula is C25H36F3N3O2. The second-order valence-electron chi connectivity index (χ2n) is 10.2. The highest BCUT2D eigenvalue weighted by molar-refractivity contribution is 5.96. The maximum atomic E-state index is 13.4. The minimum absolute atomic E-state index is 0.0859. The molecular weight excluding hydrogens is 431 g/mol. The first-order valence-corrected chi connectivity index (χ1v) is 11.3. The third kappa shape index (κ3) is 7.06. The number of carbonyl (C=O) groups is 1. The number of hydrogen-bond donors (Lipinski definition) is 1. The number of rotatable bonds is 7. The standard InChI is InChI=1S/C25H36F3N3O2/c1-8-9-14-31-21(16-20(30(31)7)23(2,3)4)29-22(32)19-15-18(25(26,27)28)11-10-17(19)12-13-24(5,6)33/h10-11,15-16,33H,8-9,12-14H2,1-7H3/b29-21+. The van der Waals surface area contributed by atoms with Crippen LogP contribution < -0.4 is 5.49 Å². The van der Waals surface area contributed by atoms with Crippen LogP contribution in [0.15, 0.2) is 29.3 Å². The summed E-state index contributed by atoms with van der Waals surface area (Å²) in [4.78, 5) is 17.5. The summed E-state index contributed by atoms with van der Waals surface area (Å²) in [7, 11) is 1.90. The van der Waals surface area contributed by atoms with E-state index < -0.39 is 23.2 Å². The van der Waals surface area contributed by atoms with Gasteiger partial charge in [-0.05, 0) is 50.8 Å². The molecule has 5 nitrogen and oxygen atoms in total. The predicted octanol–water partition coefficient (Wildman–Crippen LogP) is 5.39. The van der Waals surface area contributed by atoms with Gasteiger partial charge in [-0.2, -0.15) is 18.2 Å². The van der Waals surface area contributed by atoms with E-state index in [9.17, 15) is 23.1 Å². The lowest BCUT2D eigenvalue weighted by Crippen LogP contribution is -2.25. The Bertz CT molecular complexity index is 1050. The van der Waals surface area contributed by atoms with E-state index in [1.165, 1.54) is 6.07 Å². The molecule has 0 radical (unpaired) electrons. The molecule has 2 rings (SSSR count). The largest absolute Gasteiger partial charge is 0.416 e. The maximum absolute atomic E-state index is 13.4. The van der Waals surface area contributed by atoms with Gasteiger partial charge in [-0.25, -0.2) is 0 Å². The van der Waals surface area contributed by atoms with E-state index in [0.29, 0.717) is 24.0 Å². The van der Waals surface area contributed by atoms with Crippen LogP contribution in [0, 0.1) is 0 Å². The number of aryl methyl sites for hydroxylation is 1. The van der Waals surface area contributed by atoms with Gasteiger partial charge in [0.15, 0.2) is 5.49 Å². The highest BCUT2D eigenvalue weighted by Crippen LogP contribution is 2.31. The molecule has 0 bridgehead atoms. The zero-order valence-corrected chi connectivity index (χ0v) is 20.7. The van der Waals surface area contributed by atoms with Gasteiger partial charge in [-0.1, -0.05) is 40.2 Å². The molecule has 0 aliphatic carbocycles. The topological polar surface area (TPSA) is 59.5 Å². The molecule has 0 aliphatic heterocycles. The van der Waals surface area contributed by atoms with Gasteiger partial charge >= 0.3 is 6.18 Å². The Hall–Kier alpha value is -2.35. The Morgan fingerprint density at radius 2 is 1.73 bits per heavy atom. The summed E-state index contributed by atoms with van der Waals surface area (Å²) in [6.07, 6.45) is -2.18. The lowest BCUT2D eigenvalue weighted by molar-refractivity contribution is -0.137. The van der Waals surface area contributed by atoms with E-state index in [-0.39, 0.29) is 17.4 Å². The number of nitrogens with zero attached hydrogens (tertiary/aromatic N) is 3. The van der Waals surface area contributed by atoms with Gasteiger partial charge in [-0.15, -0.1) is 0 Å². The molecule has 0 fully saturated rings. The smallest absolute Gasteiger partial charge is 0.390 e. The third-order valence-electron chi connectivity index (χ3n) is 5.62. The summed E-state index contributed by atoms with van der Waals surface area (Å²) in [6, 6.07) is 4.99. The zero-order chi connectivity index (χ0) is 25.2. The Morgan fingerprint density at radius 1 is 1.09 bits per heavy atom. The molecule has 1 aromatic carbocycles. The summed E-state index contributed by atoms with van der Waals surface area (Å²) in [5, 5.41) is 10.1. The normalized spacial score (nSPS) is 13.6. The van der Waals surface area contributed by atoms with Gasteiger partial charge in [0, 0.05) is 36.3 Å². The van der Waals surface area contributed by atoms with Crippen molar-refractivity contribution in [3.05, 3.63) is 52.1 Å². The van der Waals surface area contributed by atoms with Crippen molar-refractivity contribution in [2.75, 3.05) is 0 Å². The average molecular weight is 468 g/mol. The van der Waals surface area contributed by atoms with Gasteiger partial charge in [0.1, 0.15) is 0 Å². The monoisotopic (exact) mass is 467 g/mol. The Morgan fingerprint density at radius 3 is 2.24 bits per heavy atom. The molecule has 2 aromatic rings. The highest BCUT2D eigenvalue weighted by Gasteiger charge is 2.32. The molecule has 0 saturated carbocycles. The van der Waals surface area contributed by atoms with E-state index in [0.717, 1.165) is 30.7 Å². The van der Waals surface area contributed by atoms with Crippen molar-refractivity contribution < 1.29 is 23.1 Å². The predicted molar refractivity (Wildman–Crippen MR) is 123 cm³/mol. The first-order chi connectivity index (χ1) is 15.0. The molecule has 8 heteroatoms. The molecule has 1 heterocycles. The van der Waals surface area contributed by atoms with Crippen LogP contribution in [0.25, 0.3) is 0 Å². The molecule has 1 N–H and O–H groups in total. The van der Waals surface area contributed by atoms with E-state index in [1.807, 2.05) is 22.5 Å². The minimum atomic E-state index is -4.57. The van der Waals surface area contributed by atoms with Crippen LogP contribution in [0.5, 0.6) is 0 Å². The lowest BCUT2D eigenvalue weighted by Gasteiger charge is -2.20. The van der Waals surface area contributed by atoms with Gasteiger partial charge in [0.2, 0.25) is 0 Å². The third-order valence-corrected chi connectivity index (χ3v) is 5.62. The molecule has 1 amide bonds. The second kappa shape index (κ2) is 9.87. The van der Waals surface area contributed by atoms with Crippen molar-refractivity contribution in [2.45, 2.75) is 91.0 Å². The fourth-order valence-electron chi connectivity index (χ4n) is 3.71. The Labute approximate surface area is 193 Å². The highest BCUT2D eigenvalue weighted by atomic mass is 19.4. The van der Waals surface area contributed by atoms with Crippen LogP contribution in [0.3, 0.4) is 0 Å². The molecule has 0 unspecified atom stereocenters. The number of unbranched alkanes of at least 4 members (excludes halogenated alkanes) is 1. The van der Waals surface area contributed by atoms with Gasteiger partial charge in [-0.3, -0.25) is 14.2 Å². The molecule has 0 spiro atoms. The van der Waals surface area contributed by atoms with Crippen molar-refractivity contribution in [3.63, 3.8) is 0 Å². The molecule has 0 saturated heterocycles. The van der Waals surface area contributed by atoms with Gasteiger partial charge in [0.05, 0.1) is 11.2 Å². The molecule has 0 atom stereocenters. The van der Waals surface area contributed by atoms with Crippen LogP contribution in [0.4, 0.5) is 13.2 Å². The summed E-state index contributed by atoms with van der Waals surface area (Å²) in [6.45, 7) is 12.1. The summed E-state index contributed by atoms with van der Waals surface area (Å²) >= 11 is 0. The van der Waals surface area contributed by atoms with Gasteiger partial charge in [0.25, 0.3) is 5.91 Å². The van der Waals surface area contributed by atoms with Crippen LogP contribution >= 0.6 is 0 Å².